The van der Waals surface area contributed by atoms with Gasteiger partial charge in [-0.25, -0.2) is 0 Å². The molecule has 1 saturated heterocycles. The van der Waals surface area contributed by atoms with Crippen LogP contribution in [0.4, 0.5) is 5.69 Å². The fourth-order valence-electron chi connectivity index (χ4n) is 2.16. The molecule has 1 aromatic rings. The van der Waals surface area contributed by atoms with E-state index in [-0.39, 0.29) is 6.10 Å². The smallest absolute Gasteiger partial charge is 0.0761 e. The highest BCUT2D eigenvalue weighted by molar-refractivity contribution is 8.00. The van der Waals surface area contributed by atoms with Crippen molar-refractivity contribution < 1.29 is 5.11 Å². The SMILES string of the molecule is CCC1CN(c2ccc(C(C)O)cc2)CCS1. The molecule has 2 rings (SSSR count). The molecule has 0 amide bonds. The lowest BCUT2D eigenvalue weighted by atomic mass is 10.1. The van der Waals surface area contributed by atoms with E-state index in [1.807, 2.05) is 12.1 Å². The second-order valence-corrected chi connectivity index (χ2v) is 6.02. The molecule has 2 unspecified atom stereocenters. The van der Waals surface area contributed by atoms with Gasteiger partial charge < -0.3 is 10.0 Å². The Morgan fingerprint density at radius 1 is 1.41 bits per heavy atom. The number of rotatable bonds is 3. The molecule has 0 bridgehead atoms. The van der Waals surface area contributed by atoms with Crippen LogP contribution in [0.15, 0.2) is 24.3 Å². The number of nitrogens with zero attached hydrogens (tertiary/aromatic N) is 1. The molecular formula is C14H21NOS. The first-order chi connectivity index (χ1) is 8.20. The molecule has 1 heterocycles. The Labute approximate surface area is 108 Å². The second kappa shape index (κ2) is 5.78. The fourth-order valence-corrected chi connectivity index (χ4v) is 3.34. The van der Waals surface area contributed by atoms with Gasteiger partial charge in [-0.15, -0.1) is 0 Å². The normalized spacial score (nSPS) is 22.5. The van der Waals surface area contributed by atoms with Gasteiger partial charge >= 0.3 is 0 Å². The minimum Gasteiger partial charge on any atom is -0.389 e. The summed E-state index contributed by atoms with van der Waals surface area (Å²) >= 11 is 2.09. The van der Waals surface area contributed by atoms with E-state index < -0.39 is 0 Å². The lowest BCUT2D eigenvalue weighted by Gasteiger charge is -2.33. The molecule has 0 saturated carbocycles. The van der Waals surface area contributed by atoms with Gasteiger partial charge in [0.2, 0.25) is 0 Å². The molecule has 94 valence electrons. The van der Waals surface area contributed by atoms with Crippen LogP contribution in [0.25, 0.3) is 0 Å². The minimum atomic E-state index is -0.371. The van der Waals surface area contributed by atoms with Crippen molar-refractivity contribution in [2.75, 3.05) is 23.7 Å². The van der Waals surface area contributed by atoms with E-state index in [2.05, 4.69) is 35.7 Å². The summed E-state index contributed by atoms with van der Waals surface area (Å²) < 4.78 is 0. The number of aliphatic hydroxyl groups is 1. The fraction of sp³-hybridized carbons (Fsp3) is 0.571. The zero-order valence-electron chi connectivity index (χ0n) is 10.6. The van der Waals surface area contributed by atoms with E-state index in [9.17, 15) is 5.11 Å². The maximum atomic E-state index is 9.49. The van der Waals surface area contributed by atoms with Gasteiger partial charge in [-0.1, -0.05) is 19.1 Å². The third-order valence-electron chi connectivity index (χ3n) is 3.33. The van der Waals surface area contributed by atoms with Crippen molar-refractivity contribution in [3.8, 4) is 0 Å². The van der Waals surface area contributed by atoms with Crippen molar-refractivity contribution in [2.45, 2.75) is 31.6 Å². The number of thioether (sulfide) groups is 1. The largest absolute Gasteiger partial charge is 0.389 e. The summed E-state index contributed by atoms with van der Waals surface area (Å²) in [6.07, 6.45) is 0.872. The minimum absolute atomic E-state index is 0.371. The van der Waals surface area contributed by atoms with Crippen LogP contribution in [0.1, 0.15) is 31.9 Å². The lowest BCUT2D eigenvalue weighted by Crippen LogP contribution is -2.37. The van der Waals surface area contributed by atoms with Gasteiger partial charge in [0.15, 0.2) is 0 Å². The Hall–Kier alpha value is -0.670. The maximum absolute atomic E-state index is 9.49. The van der Waals surface area contributed by atoms with Crippen LogP contribution < -0.4 is 4.90 Å². The topological polar surface area (TPSA) is 23.5 Å². The number of hydrogen-bond acceptors (Lipinski definition) is 3. The lowest BCUT2D eigenvalue weighted by molar-refractivity contribution is 0.199. The molecule has 2 nitrogen and oxygen atoms in total. The molecule has 0 spiro atoms. The molecule has 2 atom stereocenters. The molecule has 1 N–H and O–H groups in total. The van der Waals surface area contributed by atoms with E-state index in [1.165, 1.54) is 17.9 Å². The molecule has 0 radical (unpaired) electrons. The summed E-state index contributed by atoms with van der Waals surface area (Å²) in [4.78, 5) is 2.45. The van der Waals surface area contributed by atoms with Gasteiger partial charge in [0.05, 0.1) is 6.10 Å². The van der Waals surface area contributed by atoms with Gasteiger partial charge in [-0.2, -0.15) is 11.8 Å². The second-order valence-electron chi connectivity index (χ2n) is 4.61. The van der Waals surface area contributed by atoms with Gasteiger partial charge in [-0.3, -0.25) is 0 Å². The number of benzene rings is 1. The van der Waals surface area contributed by atoms with E-state index >= 15 is 0 Å². The Morgan fingerprint density at radius 2 is 2.12 bits per heavy atom. The molecule has 0 aliphatic carbocycles. The predicted molar refractivity (Wildman–Crippen MR) is 75.8 cm³/mol. The van der Waals surface area contributed by atoms with Crippen molar-refractivity contribution in [2.24, 2.45) is 0 Å². The standard InChI is InChI=1S/C14H21NOS/c1-3-14-10-15(8-9-17-14)13-6-4-12(5-7-13)11(2)16/h4-7,11,14,16H,3,8-10H2,1-2H3. The molecular weight excluding hydrogens is 230 g/mol. The van der Waals surface area contributed by atoms with Crippen molar-refractivity contribution in [3.63, 3.8) is 0 Å². The van der Waals surface area contributed by atoms with Crippen LogP contribution in [0.5, 0.6) is 0 Å². The zero-order valence-corrected chi connectivity index (χ0v) is 11.4. The predicted octanol–water partition coefficient (Wildman–Crippen LogP) is 3.07. The zero-order chi connectivity index (χ0) is 12.3. The molecule has 0 aromatic heterocycles. The van der Waals surface area contributed by atoms with Crippen molar-refractivity contribution in [3.05, 3.63) is 29.8 Å². The van der Waals surface area contributed by atoms with Crippen LogP contribution in [0.2, 0.25) is 0 Å². The van der Waals surface area contributed by atoms with Gasteiger partial charge in [-0.05, 0) is 31.0 Å². The first kappa shape index (κ1) is 12.8. The van der Waals surface area contributed by atoms with Crippen LogP contribution >= 0.6 is 11.8 Å². The summed E-state index contributed by atoms with van der Waals surface area (Å²) in [5.41, 5.74) is 2.28. The van der Waals surface area contributed by atoms with Gasteiger partial charge in [0.1, 0.15) is 0 Å². The number of anilines is 1. The van der Waals surface area contributed by atoms with E-state index in [0.29, 0.717) is 0 Å². The molecule has 3 heteroatoms. The summed E-state index contributed by atoms with van der Waals surface area (Å²) in [5, 5.41) is 10.3. The first-order valence-corrected chi connectivity index (χ1v) is 7.40. The highest BCUT2D eigenvalue weighted by atomic mass is 32.2. The third-order valence-corrected chi connectivity index (χ3v) is 4.71. The summed E-state index contributed by atoms with van der Waals surface area (Å²) in [6, 6.07) is 8.32. The third kappa shape index (κ3) is 3.17. The Bertz CT molecular complexity index is 350. The van der Waals surface area contributed by atoms with Crippen molar-refractivity contribution in [1.29, 1.82) is 0 Å². The van der Waals surface area contributed by atoms with Crippen LogP contribution in [-0.2, 0) is 0 Å². The summed E-state index contributed by atoms with van der Waals surface area (Å²) in [5.74, 6) is 1.22. The van der Waals surface area contributed by atoms with Crippen molar-refractivity contribution >= 4 is 17.4 Å². The Balaban J connectivity index is 2.06. The van der Waals surface area contributed by atoms with Crippen LogP contribution in [0.3, 0.4) is 0 Å². The molecule has 1 aliphatic heterocycles. The number of aliphatic hydroxyl groups excluding tert-OH is 1. The van der Waals surface area contributed by atoms with Crippen molar-refractivity contribution in [1.82, 2.24) is 0 Å². The molecule has 17 heavy (non-hydrogen) atoms. The average molecular weight is 251 g/mol. The number of hydrogen-bond donors (Lipinski definition) is 1. The average Bonchev–Trinajstić information content (AvgIpc) is 2.39. The van der Waals surface area contributed by atoms with Gasteiger partial charge in [0, 0.05) is 29.8 Å². The molecule has 1 fully saturated rings. The van der Waals surface area contributed by atoms with E-state index in [1.54, 1.807) is 6.92 Å². The summed E-state index contributed by atoms with van der Waals surface area (Å²) in [7, 11) is 0. The molecule has 1 aliphatic rings. The van der Waals surface area contributed by atoms with Gasteiger partial charge in [0.25, 0.3) is 0 Å². The van der Waals surface area contributed by atoms with Crippen LogP contribution in [-0.4, -0.2) is 29.2 Å². The highest BCUT2D eigenvalue weighted by Gasteiger charge is 2.19. The van der Waals surface area contributed by atoms with E-state index in [0.717, 1.165) is 23.9 Å². The van der Waals surface area contributed by atoms with E-state index in [4.69, 9.17) is 0 Å². The highest BCUT2D eigenvalue weighted by Crippen LogP contribution is 2.26. The quantitative estimate of drug-likeness (QED) is 0.893. The monoisotopic (exact) mass is 251 g/mol. The van der Waals surface area contributed by atoms with Crippen LogP contribution in [0, 0.1) is 0 Å². The Kier molecular flexibility index (Phi) is 4.35. The first-order valence-electron chi connectivity index (χ1n) is 6.35. The molecule has 1 aromatic carbocycles. The maximum Gasteiger partial charge on any atom is 0.0761 e. The summed E-state index contributed by atoms with van der Waals surface area (Å²) in [6.45, 7) is 6.35. The Morgan fingerprint density at radius 3 is 2.71 bits per heavy atom.